The van der Waals surface area contributed by atoms with Crippen LogP contribution in [0.5, 0.6) is 11.5 Å². The molecule has 0 aliphatic carbocycles. The highest BCUT2D eigenvalue weighted by atomic mass is 35.5. The van der Waals surface area contributed by atoms with Gasteiger partial charge in [0.25, 0.3) is 0 Å². The van der Waals surface area contributed by atoms with E-state index in [1.807, 2.05) is 17.0 Å². The Hall–Kier alpha value is -2.31. The molecule has 2 heterocycles. The van der Waals surface area contributed by atoms with Gasteiger partial charge in [-0.1, -0.05) is 11.6 Å². The number of hydrogen-bond donors (Lipinski definition) is 1. The van der Waals surface area contributed by atoms with Crippen LogP contribution in [0.3, 0.4) is 0 Å². The van der Waals surface area contributed by atoms with Gasteiger partial charge in [-0.3, -0.25) is 4.99 Å². The molecular weight excluding hydrogens is 369 g/mol. The van der Waals surface area contributed by atoms with Gasteiger partial charge in [0.1, 0.15) is 18.6 Å². The molecule has 2 aromatic rings. The van der Waals surface area contributed by atoms with E-state index in [0.29, 0.717) is 28.9 Å². The minimum absolute atomic E-state index is 0.135. The molecule has 0 unspecified atom stereocenters. The van der Waals surface area contributed by atoms with Gasteiger partial charge in [0, 0.05) is 22.9 Å². The monoisotopic (exact) mass is 389 g/mol. The van der Waals surface area contributed by atoms with Gasteiger partial charge < -0.3 is 19.7 Å². The third-order valence-electron chi connectivity index (χ3n) is 4.84. The summed E-state index contributed by atoms with van der Waals surface area (Å²) < 4.78 is 26.3. The molecule has 2 aromatic carbocycles. The number of benzene rings is 2. The average molecular weight is 390 g/mol. The fourth-order valence-electron chi connectivity index (χ4n) is 3.45. The van der Waals surface area contributed by atoms with Crippen molar-refractivity contribution in [1.29, 1.82) is 0 Å². The van der Waals surface area contributed by atoms with Crippen molar-refractivity contribution in [2.45, 2.75) is 18.9 Å². The number of hydrogen-bond acceptors (Lipinski definition) is 5. The smallest absolute Gasteiger partial charge is 0.163 e. The average Bonchev–Trinajstić information content (AvgIpc) is 2.68. The Bertz CT molecular complexity index is 869. The zero-order valence-electron chi connectivity index (χ0n) is 15.0. The second kappa shape index (κ2) is 7.74. The molecular formula is C20H21ClFN3O2. The maximum atomic E-state index is 14.5. The minimum atomic E-state index is -0.387. The fourth-order valence-corrected chi connectivity index (χ4v) is 3.61. The van der Waals surface area contributed by atoms with Crippen LogP contribution in [0.4, 0.5) is 15.8 Å². The minimum Gasteiger partial charge on any atom is -0.493 e. The first-order chi connectivity index (χ1) is 13.2. The van der Waals surface area contributed by atoms with E-state index in [-0.39, 0.29) is 11.9 Å². The topological polar surface area (TPSA) is 46.1 Å². The highest BCUT2D eigenvalue weighted by molar-refractivity contribution is 6.30. The maximum absolute atomic E-state index is 14.5. The third kappa shape index (κ3) is 3.73. The number of piperidine rings is 1. The lowest BCUT2D eigenvalue weighted by Crippen LogP contribution is -2.34. The van der Waals surface area contributed by atoms with Gasteiger partial charge in [0.05, 0.1) is 18.5 Å². The number of nitrogens with zero attached hydrogens (tertiary/aromatic N) is 2. The molecule has 1 fully saturated rings. The summed E-state index contributed by atoms with van der Waals surface area (Å²) in [5.74, 6) is 0.928. The molecule has 0 amide bonds. The first kappa shape index (κ1) is 18.1. The van der Waals surface area contributed by atoms with Crippen molar-refractivity contribution in [1.82, 2.24) is 5.32 Å². The Labute approximate surface area is 162 Å². The Balaban J connectivity index is 1.72. The van der Waals surface area contributed by atoms with Gasteiger partial charge in [-0.05, 0) is 50.2 Å². The van der Waals surface area contributed by atoms with E-state index >= 15 is 0 Å². The molecule has 0 atom stereocenters. The molecule has 0 aromatic heterocycles. The summed E-state index contributed by atoms with van der Waals surface area (Å²) in [6.07, 6.45) is 3.79. The van der Waals surface area contributed by atoms with Crippen LogP contribution in [-0.4, -0.2) is 39.2 Å². The second-order valence-electron chi connectivity index (χ2n) is 6.61. The summed E-state index contributed by atoms with van der Waals surface area (Å²) in [4.78, 5) is 6.17. The standard InChI is InChI=1S/C20H21ClFN3O2/c1-26-19-8-13-11-24-12-25(17-3-2-14(21)9-16(17)22)18(13)10-20(19)27-15-4-6-23-7-5-15/h2-3,8-11,15,23H,4-7,12H2,1H3. The first-order valence-electron chi connectivity index (χ1n) is 8.97. The van der Waals surface area contributed by atoms with Crippen molar-refractivity contribution in [2.75, 3.05) is 31.8 Å². The van der Waals surface area contributed by atoms with Crippen molar-refractivity contribution in [3.05, 3.63) is 46.7 Å². The van der Waals surface area contributed by atoms with Crippen molar-refractivity contribution < 1.29 is 13.9 Å². The Morgan fingerprint density at radius 1 is 1.15 bits per heavy atom. The van der Waals surface area contributed by atoms with Crippen LogP contribution in [0.25, 0.3) is 0 Å². The molecule has 5 nitrogen and oxygen atoms in total. The largest absolute Gasteiger partial charge is 0.493 e. The molecule has 0 spiro atoms. The normalized spacial score (nSPS) is 16.9. The van der Waals surface area contributed by atoms with Crippen molar-refractivity contribution in [2.24, 2.45) is 4.99 Å². The lowest BCUT2D eigenvalue weighted by Gasteiger charge is -2.30. The summed E-state index contributed by atoms with van der Waals surface area (Å²) in [6.45, 7) is 2.20. The number of aliphatic imine (C=N–C) groups is 1. The number of halogens is 2. The van der Waals surface area contributed by atoms with E-state index in [1.54, 1.807) is 25.5 Å². The molecule has 1 saturated heterocycles. The highest BCUT2D eigenvalue weighted by Crippen LogP contribution is 2.40. The zero-order chi connectivity index (χ0) is 18.8. The molecule has 7 heteroatoms. The molecule has 0 saturated carbocycles. The highest BCUT2D eigenvalue weighted by Gasteiger charge is 2.24. The molecule has 27 heavy (non-hydrogen) atoms. The van der Waals surface area contributed by atoms with Crippen LogP contribution in [0.2, 0.25) is 5.02 Å². The summed E-state index contributed by atoms with van der Waals surface area (Å²) >= 11 is 5.90. The summed E-state index contributed by atoms with van der Waals surface area (Å²) in [6, 6.07) is 8.45. The van der Waals surface area contributed by atoms with Gasteiger partial charge in [-0.15, -0.1) is 0 Å². The predicted octanol–water partition coefficient (Wildman–Crippen LogP) is 4.15. The summed E-state index contributed by atoms with van der Waals surface area (Å²) in [5.41, 5.74) is 2.11. The predicted molar refractivity (Wildman–Crippen MR) is 106 cm³/mol. The molecule has 4 rings (SSSR count). The van der Waals surface area contributed by atoms with Gasteiger partial charge in [-0.25, -0.2) is 4.39 Å². The van der Waals surface area contributed by atoms with Crippen LogP contribution < -0.4 is 19.7 Å². The second-order valence-corrected chi connectivity index (χ2v) is 7.04. The lowest BCUT2D eigenvalue weighted by molar-refractivity contribution is 0.157. The Kier molecular flexibility index (Phi) is 5.18. The van der Waals surface area contributed by atoms with Crippen LogP contribution in [0.1, 0.15) is 18.4 Å². The first-order valence-corrected chi connectivity index (χ1v) is 9.35. The number of nitrogens with one attached hydrogen (secondary N) is 1. The lowest BCUT2D eigenvalue weighted by atomic mass is 10.1. The summed E-state index contributed by atoms with van der Waals surface area (Å²) in [5, 5.41) is 3.69. The van der Waals surface area contributed by atoms with E-state index < -0.39 is 0 Å². The van der Waals surface area contributed by atoms with Crippen LogP contribution in [0.15, 0.2) is 35.3 Å². The zero-order valence-corrected chi connectivity index (χ0v) is 15.8. The third-order valence-corrected chi connectivity index (χ3v) is 5.07. The molecule has 1 N–H and O–H groups in total. The maximum Gasteiger partial charge on any atom is 0.163 e. The number of ether oxygens (including phenoxy) is 2. The van der Waals surface area contributed by atoms with E-state index in [0.717, 1.165) is 37.2 Å². The fraction of sp³-hybridized carbons (Fsp3) is 0.350. The van der Waals surface area contributed by atoms with Crippen molar-refractivity contribution in [3.63, 3.8) is 0 Å². The summed E-state index contributed by atoms with van der Waals surface area (Å²) in [7, 11) is 1.62. The van der Waals surface area contributed by atoms with Gasteiger partial charge in [0.2, 0.25) is 0 Å². The number of methoxy groups -OCH3 is 1. The van der Waals surface area contributed by atoms with E-state index in [9.17, 15) is 4.39 Å². The van der Waals surface area contributed by atoms with Gasteiger partial charge in [0.15, 0.2) is 11.5 Å². The molecule has 0 radical (unpaired) electrons. The SMILES string of the molecule is COc1cc2c(cc1OC1CCNCC1)N(c1ccc(Cl)cc1F)CN=C2. The molecule has 2 aliphatic heterocycles. The van der Waals surface area contributed by atoms with E-state index in [4.69, 9.17) is 21.1 Å². The van der Waals surface area contributed by atoms with Crippen molar-refractivity contribution >= 4 is 29.2 Å². The van der Waals surface area contributed by atoms with Crippen molar-refractivity contribution in [3.8, 4) is 11.5 Å². The molecule has 0 bridgehead atoms. The van der Waals surface area contributed by atoms with Crippen LogP contribution in [0, 0.1) is 5.82 Å². The number of anilines is 2. The molecule has 142 valence electrons. The van der Waals surface area contributed by atoms with Crippen LogP contribution in [-0.2, 0) is 0 Å². The molecule has 2 aliphatic rings. The van der Waals surface area contributed by atoms with E-state index in [1.165, 1.54) is 6.07 Å². The number of rotatable bonds is 4. The Morgan fingerprint density at radius 3 is 2.70 bits per heavy atom. The van der Waals surface area contributed by atoms with E-state index in [2.05, 4.69) is 10.3 Å². The van der Waals surface area contributed by atoms with Gasteiger partial charge >= 0.3 is 0 Å². The van der Waals surface area contributed by atoms with Crippen LogP contribution >= 0.6 is 11.6 Å². The Morgan fingerprint density at radius 2 is 1.96 bits per heavy atom. The van der Waals surface area contributed by atoms with Gasteiger partial charge in [-0.2, -0.15) is 0 Å². The quantitative estimate of drug-likeness (QED) is 0.853. The number of fused-ring (bicyclic) bond motifs is 1.